The van der Waals surface area contributed by atoms with E-state index in [0.717, 1.165) is 0 Å². The number of carbonyl (C=O) groups is 2. The van der Waals surface area contributed by atoms with Gasteiger partial charge in [-0.1, -0.05) is 0 Å². The van der Waals surface area contributed by atoms with E-state index >= 15 is 0 Å². The molecule has 0 aromatic carbocycles. The van der Waals surface area contributed by atoms with Gasteiger partial charge < -0.3 is 16.0 Å². The summed E-state index contributed by atoms with van der Waals surface area (Å²) in [5, 5.41) is 6.96. The van der Waals surface area contributed by atoms with Gasteiger partial charge in [-0.15, -0.1) is 0 Å². The minimum absolute atomic E-state index is 0.157. The molecule has 0 aromatic heterocycles. The second-order valence-electron chi connectivity index (χ2n) is 4.68. The molecule has 1 heterocycles. The molecule has 0 bridgehead atoms. The Labute approximate surface area is 113 Å². The Hall–Kier alpha value is -1.38. The van der Waals surface area contributed by atoms with Crippen molar-refractivity contribution < 1.29 is 27.2 Å². The van der Waals surface area contributed by atoms with Crippen molar-refractivity contribution in [3.63, 3.8) is 0 Å². The number of amides is 2. The van der Waals surface area contributed by atoms with E-state index in [4.69, 9.17) is 0 Å². The van der Waals surface area contributed by atoms with Crippen LogP contribution in [0.4, 0.5) is 17.6 Å². The molecule has 0 radical (unpaired) electrons. The topological polar surface area (TPSA) is 70.2 Å². The van der Waals surface area contributed by atoms with Gasteiger partial charge in [-0.3, -0.25) is 9.59 Å². The van der Waals surface area contributed by atoms with Gasteiger partial charge in [0.25, 0.3) is 12.9 Å². The molecule has 9 heteroatoms. The van der Waals surface area contributed by atoms with Crippen LogP contribution in [-0.4, -0.2) is 50.8 Å². The molecule has 0 saturated carbocycles. The van der Waals surface area contributed by atoms with Crippen LogP contribution >= 0.6 is 0 Å². The first-order chi connectivity index (χ1) is 9.35. The molecule has 5 nitrogen and oxygen atoms in total. The number of halogens is 4. The maximum absolute atomic E-state index is 12.1. The van der Waals surface area contributed by atoms with Gasteiger partial charge in [-0.2, -0.15) is 0 Å². The van der Waals surface area contributed by atoms with Crippen molar-refractivity contribution in [1.29, 1.82) is 0 Å². The standard InChI is InChI=1S/C11H17F4N3O2/c12-7(13)4-17-9(19)3-11(1-2-16-6-11)10(20)18-5-8(14)15/h7-8,16H,1-6H2,(H,17,19)(H,18,20). The van der Waals surface area contributed by atoms with Gasteiger partial charge in [-0.25, -0.2) is 17.6 Å². The van der Waals surface area contributed by atoms with Crippen LogP contribution in [0.1, 0.15) is 12.8 Å². The minimum atomic E-state index is -2.68. The molecular weight excluding hydrogens is 282 g/mol. The predicted octanol–water partition coefficient (Wildman–Crippen LogP) is 0.119. The third-order valence-corrected chi connectivity index (χ3v) is 3.09. The van der Waals surface area contributed by atoms with Crippen LogP contribution in [0.3, 0.4) is 0 Å². The summed E-state index contributed by atoms with van der Waals surface area (Å²) >= 11 is 0. The zero-order valence-electron chi connectivity index (χ0n) is 10.7. The van der Waals surface area contributed by atoms with Gasteiger partial charge in [0.05, 0.1) is 18.5 Å². The van der Waals surface area contributed by atoms with Crippen LogP contribution in [0.2, 0.25) is 0 Å². The Bertz CT molecular complexity index is 347. The second kappa shape index (κ2) is 7.41. The van der Waals surface area contributed by atoms with Crippen LogP contribution in [-0.2, 0) is 9.59 Å². The summed E-state index contributed by atoms with van der Waals surface area (Å²) in [6, 6.07) is 0. The maximum atomic E-state index is 12.1. The third-order valence-electron chi connectivity index (χ3n) is 3.09. The average molecular weight is 299 g/mol. The summed E-state index contributed by atoms with van der Waals surface area (Å²) in [5.74, 6) is -1.35. The highest BCUT2D eigenvalue weighted by Crippen LogP contribution is 2.30. The van der Waals surface area contributed by atoms with E-state index < -0.39 is 43.2 Å². The molecule has 20 heavy (non-hydrogen) atoms. The Morgan fingerprint density at radius 1 is 1.10 bits per heavy atom. The zero-order valence-corrected chi connectivity index (χ0v) is 10.7. The average Bonchev–Trinajstić information content (AvgIpc) is 2.83. The quantitative estimate of drug-likeness (QED) is 0.585. The Morgan fingerprint density at radius 3 is 2.20 bits per heavy atom. The highest BCUT2D eigenvalue weighted by atomic mass is 19.3. The Balaban J connectivity index is 2.57. The normalized spacial score (nSPS) is 22.3. The SMILES string of the molecule is O=C(CC1(C(=O)NCC(F)F)CCNC1)NCC(F)F. The molecule has 1 saturated heterocycles. The van der Waals surface area contributed by atoms with Crippen LogP contribution in [0, 0.1) is 5.41 Å². The largest absolute Gasteiger partial charge is 0.350 e. The van der Waals surface area contributed by atoms with Crippen molar-refractivity contribution in [2.24, 2.45) is 5.41 Å². The van der Waals surface area contributed by atoms with E-state index in [1.165, 1.54) is 0 Å². The lowest BCUT2D eigenvalue weighted by atomic mass is 9.82. The van der Waals surface area contributed by atoms with Crippen molar-refractivity contribution in [2.45, 2.75) is 25.7 Å². The lowest BCUT2D eigenvalue weighted by Crippen LogP contribution is -2.47. The van der Waals surface area contributed by atoms with Gasteiger partial charge >= 0.3 is 0 Å². The minimum Gasteiger partial charge on any atom is -0.350 e. The van der Waals surface area contributed by atoms with Gasteiger partial charge in [0.1, 0.15) is 0 Å². The maximum Gasteiger partial charge on any atom is 0.255 e. The number of carbonyl (C=O) groups excluding carboxylic acids is 2. The number of hydrogen-bond acceptors (Lipinski definition) is 3. The molecular formula is C11H17F4N3O2. The van der Waals surface area contributed by atoms with E-state index in [-0.39, 0.29) is 13.0 Å². The van der Waals surface area contributed by atoms with E-state index in [2.05, 4.69) is 10.6 Å². The van der Waals surface area contributed by atoms with Crippen molar-refractivity contribution >= 4 is 11.8 Å². The highest BCUT2D eigenvalue weighted by Gasteiger charge is 2.43. The first kappa shape index (κ1) is 16.7. The van der Waals surface area contributed by atoms with Gasteiger partial charge in [0.15, 0.2) is 0 Å². The fourth-order valence-corrected chi connectivity index (χ4v) is 2.09. The second-order valence-corrected chi connectivity index (χ2v) is 4.68. The van der Waals surface area contributed by atoms with Crippen LogP contribution in [0.5, 0.6) is 0 Å². The first-order valence-corrected chi connectivity index (χ1v) is 6.18. The van der Waals surface area contributed by atoms with E-state index in [1.54, 1.807) is 0 Å². The molecule has 0 aliphatic carbocycles. The van der Waals surface area contributed by atoms with Gasteiger partial charge in [0, 0.05) is 13.0 Å². The molecule has 1 fully saturated rings. The monoisotopic (exact) mass is 299 g/mol. The lowest BCUT2D eigenvalue weighted by molar-refractivity contribution is -0.136. The van der Waals surface area contributed by atoms with E-state index in [1.807, 2.05) is 5.32 Å². The molecule has 1 rings (SSSR count). The highest BCUT2D eigenvalue weighted by molar-refractivity contribution is 5.89. The summed E-state index contributed by atoms with van der Waals surface area (Å²) in [6.07, 6.45) is -5.37. The van der Waals surface area contributed by atoms with Crippen LogP contribution < -0.4 is 16.0 Å². The van der Waals surface area contributed by atoms with Crippen molar-refractivity contribution in [3.8, 4) is 0 Å². The Kier molecular flexibility index (Phi) is 6.18. The summed E-state index contributed by atoms with van der Waals surface area (Å²) in [7, 11) is 0. The summed E-state index contributed by atoms with van der Waals surface area (Å²) in [5.41, 5.74) is -1.15. The van der Waals surface area contributed by atoms with Crippen LogP contribution in [0.25, 0.3) is 0 Å². The number of hydrogen-bond donors (Lipinski definition) is 3. The molecule has 116 valence electrons. The van der Waals surface area contributed by atoms with Crippen LogP contribution in [0.15, 0.2) is 0 Å². The predicted molar refractivity (Wildman–Crippen MR) is 62.6 cm³/mol. The smallest absolute Gasteiger partial charge is 0.255 e. The molecule has 1 unspecified atom stereocenters. The van der Waals surface area contributed by atoms with E-state index in [9.17, 15) is 27.2 Å². The number of nitrogens with one attached hydrogen (secondary N) is 3. The Morgan fingerprint density at radius 2 is 1.70 bits per heavy atom. The lowest BCUT2D eigenvalue weighted by Gasteiger charge is -2.26. The molecule has 1 atom stereocenters. The molecule has 3 N–H and O–H groups in total. The summed E-state index contributed by atoms with van der Waals surface area (Å²) in [4.78, 5) is 23.5. The summed E-state index contributed by atoms with van der Waals surface area (Å²) in [6.45, 7) is -0.964. The van der Waals surface area contributed by atoms with Gasteiger partial charge in [0.2, 0.25) is 11.8 Å². The van der Waals surface area contributed by atoms with Crippen molar-refractivity contribution in [1.82, 2.24) is 16.0 Å². The first-order valence-electron chi connectivity index (χ1n) is 6.18. The molecule has 2 amide bonds. The fourth-order valence-electron chi connectivity index (χ4n) is 2.09. The summed E-state index contributed by atoms with van der Waals surface area (Å²) < 4.78 is 48.1. The molecule has 0 aromatic rings. The molecule has 1 aliphatic heterocycles. The number of alkyl halides is 4. The van der Waals surface area contributed by atoms with Crippen molar-refractivity contribution in [3.05, 3.63) is 0 Å². The third kappa shape index (κ3) is 4.95. The fraction of sp³-hybridized carbons (Fsp3) is 0.818. The number of rotatable bonds is 7. The van der Waals surface area contributed by atoms with E-state index in [0.29, 0.717) is 13.0 Å². The van der Waals surface area contributed by atoms with Crippen molar-refractivity contribution in [2.75, 3.05) is 26.2 Å². The van der Waals surface area contributed by atoms with Gasteiger partial charge in [-0.05, 0) is 13.0 Å². The molecule has 1 aliphatic rings. The zero-order chi connectivity index (χ0) is 15.2. The molecule has 0 spiro atoms.